The number of aliphatic hydroxyl groups is 1. The lowest BCUT2D eigenvalue weighted by molar-refractivity contribution is -0.171. The molecule has 0 amide bonds. The molecule has 146 valence electrons. The minimum absolute atomic E-state index is 0.0930. The summed E-state index contributed by atoms with van der Waals surface area (Å²) >= 11 is 0. The lowest BCUT2D eigenvalue weighted by Gasteiger charge is -2.37. The fourth-order valence-corrected chi connectivity index (χ4v) is 4.63. The summed E-state index contributed by atoms with van der Waals surface area (Å²) < 4.78 is 41.6. The first-order chi connectivity index (χ1) is 11.7. The fraction of sp³-hybridized carbons (Fsp3) is 0.947. The van der Waals surface area contributed by atoms with Crippen LogP contribution in [0.4, 0.5) is 13.2 Å². The number of carbonyl (C=O) groups excluding carboxylic acids is 1. The standard InChI is InChI=1S/C19H31F3O3/c1-13(23)25-18(24)17-10-8-16(9-11-17)15-6-4-14(5-7-15)3-2-12-19(20,21)22/h13-17,23H,2-12H2,1H3. The topological polar surface area (TPSA) is 46.5 Å². The Labute approximate surface area is 148 Å². The van der Waals surface area contributed by atoms with Gasteiger partial charge in [-0.05, 0) is 69.6 Å². The molecular weight excluding hydrogens is 333 g/mol. The Morgan fingerprint density at radius 2 is 1.56 bits per heavy atom. The Morgan fingerprint density at radius 1 is 1.04 bits per heavy atom. The first-order valence-corrected chi connectivity index (χ1v) is 9.70. The predicted octanol–water partition coefficient (Wildman–Crippen LogP) is 5.21. The summed E-state index contributed by atoms with van der Waals surface area (Å²) in [6.45, 7) is 1.44. The number of carbonyl (C=O) groups is 1. The van der Waals surface area contributed by atoms with Crippen molar-refractivity contribution in [3.8, 4) is 0 Å². The van der Waals surface area contributed by atoms with Gasteiger partial charge in [0.1, 0.15) is 0 Å². The molecule has 25 heavy (non-hydrogen) atoms. The Kier molecular flexibility index (Phi) is 7.59. The third-order valence-corrected chi connectivity index (χ3v) is 6.02. The summed E-state index contributed by atoms with van der Waals surface area (Å²) in [5.74, 6) is 1.36. The van der Waals surface area contributed by atoms with Gasteiger partial charge in [-0.2, -0.15) is 13.2 Å². The summed E-state index contributed by atoms with van der Waals surface area (Å²) in [7, 11) is 0. The molecule has 2 rings (SSSR count). The van der Waals surface area contributed by atoms with Gasteiger partial charge in [-0.1, -0.05) is 19.3 Å². The van der Waals surface area contributed by atoms with Gasteiger partial charge < -0.3 is 9.84 Å². The fourth-order valence-electron chi connectivity index (χ4n) is 4.63. The summed E-state index contributed by atoms with van der Waals surface area (Å²) in [4.78, 5) is 11.8. The second-order valence-corrected chi connectivity index (χ2v) is 7.94. The van der Waals surface area contributed by atoms with Crippen molar-refractivity contribution in [2.75, 3.05) is 0 Å². The molecule has 1 unspecified atom stereocenters. The number of esters is 1. The Morgan fingerprint density at radius 3 is 2.04 bits per heavy atom. The van der Waals surface area contributed by atoms with E-state index >= 15 is 0 Å². The van der Waals surface area contributed by atoms with Crippen LogP contribution in [-0.4, -0.2) is 23.5 Å². The smallest absolute Gasteiger partial charge is 0.389 e. The highest BCUT2D eigenvalue weighted by Gasteiger charge is 2.34. The number of rotatable bonds is 6. The Bertz CT molecular complexity index is 407. The van der Waals surface area contributed by atoms with Gasteiger partial charge >= 0.3 is 12.1 Å². The normalized spacial score (nSPS) is 32.2. The van der Waals surface area contributed by atoms with Crippen LogP contribution in [0, 0.1) is 23.7 Å². The van der Waals surface area contributed by atoms with E-state index in [0.717, 1.165) is 51.4 Å². The highest BCUT2D eigenvalue weighted by Crippen LogP contribution is 2.42. The van der Waals surface area contributed by atoms with Gasteiger partial charge in [-0.25, -0.2) is 0 Å². The zero-order chi connectivity index (χ0) is 18.4. The molecule has 0 radical (unpaired) electrons. The van der Waals surface area contributed by atoms with Gasteiger partial charge in [-0.15, -0.1) is 0 Å². The highest BCUT2D eigenvalue weighted by molar-refractivity contribution is 5.72. The molecule has 1 atom stereocenters. The van der Waals surface area contributed by atoms with E-state index in [2.05, 4.69) is 0 Å². The maximum atomic E-state index is 12.2. The number of ether oxygens (including phenoxy) is 1. The van der Waals surface area contributed by atoms with Crippen molar-refractivity contribution in [1.29, 1.82) is 0 Å². The molecule has 2 aliphatic carbocycles. The van der Waals surface area contributed by atoms with Gasteiger partial charge in [0.2, 0.25) is 0 Å². The van der Waals surface area contributed by atoms with Gasteiger partial charge in [-0.3, -0.25) is 4.79 Å². The van der Waals surface area contributed by atoms with Crippen LogP contribution in [0.15, 0.2) is 0 Å². The largest absolute Gasteiger partial charge is 0.436 e. The van der Waals surface area contributed by atoms with Crippen LogP contribution in [0.3, 0.4) is 0 Å². The maximum absolute atomic E-state index is 12.2. The molecule has 0 aliphatic heterocycles. The van der Waals surface area contributed by atoms with Crippen LogP contribution in [-0.2, 0) is 9.53 Å². The van der Waals surface area contributed by atoms with Crippen molar-refractivity contribution in [2.45, 2.75) is 90.0 Å². The van der Waals surface area contributed by atoms with Crippen LogP contribution in [0.25, 0.3) is 0 Å². The minimum Gasteiger partial charge on any atom is -0.436 e. The predicted molar refractivity (Wildman–Crippen MR) is 88.6 cm³/mol. The first-order valence-electron chi connectivity index (χ1n) is 9.70. The molecule has 2 saturated carbocycles. The molecule has 1 N–H and O–H groups in total. The summed E-state index contributed by atoms with van der Waals surface area (Å²) in [6.07, 6.45) is 3.24. The van der Waals surface area contributed by atoms with Crippen LogP contribution in [0.2, 0.25) is 0 Å². The van der Waals surface area contributed by atoms with Gasteiger partial charge in [0.25, 0.3) is 0 Å². The molecule has 6 heteroatoms. The number of halogens is 3. The molecule has 0 aromatic heterocycles. The molecule has 0 bridgehead atoms. The molecule has 0 aromatic carbocycles. The third-order valence-electron chi connectivity index (χ3n) is 6.02. The second kappa shape index (κ2) is 9.24. The van der Waals surface area contributed by atoms with Crippen molar-refractivity contribution in [2.24, 2.45) is 23.7 Å². The van der Waals surface area contributed by atoms with Gasteiger partial charge in [0.05, 0.1) is 5.92 Å². The van der Waals surface area contributed by atoms with Crippen LogP contribution >= 0.6 is 0 Å². The highest BCUT2D eigenvalue weighted by atomic mass is 19.4. The van der Waals surface area contributed by atoms with Gasteiger partial charge in [0.15, 0.2) is 6.29 Å². The van der Waals surface area contributed by atoms with Crippen molar-refractivity contribution >= 4 is 5.97 Å². The zero-order valence-corrected chi connectivity index (χ0v) is 15.1. The molecule has 2 aliphatic rings. The molecular formula is C19H31F3O3. The second-order valence-electron chi connectivity index (χ2n) is 7.94. The maximum Gasteiger partial charge on any atom is 0.389 e. The van der Waals surface area contributed by atoms with Crippen LogP contribution in [0.1, 0.15) is 77.6 Å². The van der Waals surface area contributed by atoms with E-state index in [1.165, 1.54) is 6.92 Å². The lowest BCUT2D eigenvalue weighted by Crippen LogP contribution is -2.30. The van der Waals surface area contributed by atoms with Crippen molar-refractivity contribution < 1.29 is 27.8 Å². The quantitative estimate of drug-likeness (QED) is 0.520. The van der Waals surface area contributed by atoms with Gasteiger partial charge in [0, 0.05) is 6.42 Å². The van der Waals surface area contributed by atoms with E-state index in [9.17, 15) is 18.0 Å². The number of alkyl halides is 3. The lowest BCUT2D eigenvalue weighted by atomic mass is 9.68. The first kappa shape index (κ1) is 20.5. The summed E-state index contributed by atoms with van der Waals surface area (Å²) in [5, 5.41) is 9.13. The van der Waals surface area contributed by atoms with E-state index in [0.29, 0.717) is 24.2 Å². The monoisotopic (exact) mass is 364 g/mol. The van der Waals surface area contributed by atoms with E-state index in [1.54, 1.807) is 0 Å². The van der Waals surface area contributed by atoms with Crippen molar-refractivity contribution in [1.82, 2.24) is 0 Å². The SMILES string of the molecule is CC(O)OC(=O)C1CCC(C2CCC(CCCC(F)(F)F)CC2)CC1. The molecule has 2 fully saturated rings. The average molecular weight is 364 g/mol. The van der Waals surface area contributed by atoms with E-state index < -0.39 is 18.9 Å². The molecule has 0 aromatic rings. The van der Waals surface area contributed by atoms with E-state index in [4.69, 9.17) is 9.84 Å². The number of hydrogen-bond donors (Lipinski definition) is 1. The Balaban J connectivity index is 1.64. The minimum atomic E-state index is -4.02. The summed E-state index contributed by atoms with van der Waals surface area (Å²) in [6, 6.07) is 0. The van der Waals surface area contributed by atoms with Crippen molar-refractivity contribution in [3.05, 3.63) is 0 Å². The van der Waals surface area contributed by atoms with Crippen LogP contribution in [0.5, 0.6) is 0 Å². The van der Waals surface area contributed by atoms with Crippen LogP contribution < -0.4 is 0 Å². The molecule has 0 saturated heterocycles. The average Bonchev–Trinajstić information content (AvgIpc) is 2.54. The Hall–Kier alpha value is -0.780. The van der Waals surface area contributed by atoms with Crippen molar-refractivity contribution in [3.63, 3.8) is 0 Å². The molecule has 3 nitrogen and oxygen atoms in total. The van der Waals surface area contributed by atoms with E-state index in [-0.39, 0.29) is 18.3 Å². The zero-order valence-electron chi connectivity index (χ0n) is 15.1. The third kappa shape index (κ3) is 7.16. The molecule has 0 spiro atoms. The molecule has 0 heterocycles. The van der Waals surface area contributed by atoms with E-state index in [1.807, 2.05) is 0 Å². The summed E-state index contributed by atoms with van der Waals surface area (Å²) in [5.41, 5.74) is 0. The number of hydrogen-bond acceptors (Lipinski definition) is 3. The number of aliphatic hydroxyl groups excluding tert-OH is 1.